The third-order valence-corrected chi connectivity index (χ3v) is 3.76. The smallest absolute Gasteiger partial charge is 0.0554 e. The van der Waals surface area contributed by atoms with Crippen LogP contribution in [0.1, 0.15) is 42.1 Å². The average Bonchev–Trinajstić information content (AvgIpc) is 2.37. The topological polar surface area (TPSA) is 26.0 Å². The SMILES string of the molecule is Cc1cc(Cl)ccc1C(N)c1cccc(CC(C)C)c1. The summed E-state index contributed by atoms with van der Waals surface area (Å²) in [4.78, 5) is 0. The number of aryl methyl sites for hydroxylation is 1. The van der Waals surface area contributed by atoms with Crippen molar-refractivity contribution in [3.05, 3.63) is 69.7 Å². The van der Waals surface area contributed by atoms with Gasteiger partial charge in [0.05, 0.1) is 6.04 Å². The molecule has 2 heteroatoms. The fourth-order valence-electron chi connectivity index (χ4n) is 2.55. The van der Waals surface area contributed by atoms with E-state index in [0.29, 0.717) is 5.92 Å². The maximum absolute atomic E-state index is 6.42. The van der Waals surface area contributed by atoms with E-state index in [4.69, 9.17) is 17.3 Å². The average molecular weight is 288 g/mol. The molecule has 0 aliphatic carbocycles. The summed E-state index contributed by atoms with van der Waals surface area (Å²) in [5.41, 5.74) is 11.2. The zero-order chi connectivity index (χ0) is 14.7. The summed E-state index contributed by atoms with van der Waals surface area (Å²) in [6, 6.07) is 14.4. The van der Waals surface area contributed by atoms with Crippen LogP contribution in [0.3, 0.4) is 0 Å². The van der Waals surface area contributed by atoms with Crippen LogP contribution < -0.4 is 5.73 Å². The molecule has 0 saturated heterocycles. The van der Waals surface area contributed by atoms with Crippen molar-refractivity contribution in [1.82, 2.24) is 0 Å². The normalized spacial score (nSPS) is 12.7. The van der Waals surface area contributed by atoms with Gasteiger partial charge in [-0.15, -0.1) is 0 Å². The molecule has 106 valence electrons. The molecule has 0 spiro atoms. The Labute approximate surface area is 126 Å². The monoisotopic (exact) mass is 287 g/mol. The Morgan fingerprint density at radius 3 is 2.50 bits per heavy atom. The van der Waals surface area contributed by atoms with Crippen molar-refractivity contribution in [3.8, 4) is 0 Å². The Morgan fingerprint density at radius 2 is 1.85 bits per heavy atom. The first kappa shape index (κ1) is 15.1. The van der Waals surface area contributed by atoms with Crippen LogP contribution >= 0.6 is 11.6 Å². The Hall–Kier alpha value is -1.31. The lowest BCUT2D eigenvalue weighted by atomic mass is 9.93. The van der Waals surface area contributed by atoms with Crippen LogP contribution in [0.4, 0.5) is 0 Å². The highest BCUT2D eigenvalue weighted by atomic mass is 35.5. The molecule has 1 unspecified atom stereocenters. The van der Waals surface area contributed by atoms with Gasteiger partial charge in [-0.25, -0.2) is 0 Å². The predicted octanol–water partition coefficient (Wildman–Crippen LogP) is 4.90. The second-order valence-electron chi connectivity index (χ2n) is 5.82. The molecule has 0 saturated carbocycles. The number of halogens is 1. The van der Waals surface area contributed by atoms with E-state index in [-0.39, 0.29) is 6.04 Å². The molecule has 2 N–H and O–H groups in total. The number of benzene rings is 2. The van der Waals surface area contributed by atoms with Crippen LogP contribution in [0.5, 0.6) is 0 Å². The van der Waals surface area contributed by atoms with E-state index >= 15 is 0 Å². The number of rotatable bonds is 4. The standard InChI is InChI=1S/C18H22ClN/c1-12(2)9-14-5-4-6-15(11-14)18(20)17-8-7-16(19)10-13(17)3/h4-8,10-12,18H,9,20H2,1-3H3. The van der Waals surface area contributed by atoms with Crippen LogP contribution in [-0.4, -0.2) is 0 Å². The van der Waals surface area contributed by atoms with E-state index in [1.807, 2.05) is 18.2 Å². The van der Waals surface area contributed by atoms with Crippen molar-refractivity contribution in [2.45, 2.75) is 33.2 Å². The summed E-state index contributed by atoms with van der Waals surface area (Å²) in [6.07, 6.45) is 1.08. The molecule has 0 aromatic heterocycles. The first-order chi connectivity index (χ1) is 9.47. The summed E-state index contributed by atoms with van der Waals surface area (Å²) in [7, 11) is 0. The van der Waals surface area contributed by atoms with Gasteiger partial charge in [0.15, 0.2) is 0 Å². The molecular formula is C18H22ClN. The summed E-state index contributed by atoms with van der Waals surface area (Å²) < 4.78 is 0. The maximum atomic E-state index is 6.42. The minimum absolute atomic E-state index is 0.0978. The third kappa shape index (κ3) is 3.62. The van der Waals surface area contributed by atoms with Crippen molar-refractivity contribution in [1.29, 1.82) is 0 Å². The van der Waals surface area contributed by atoms with Crippen molar-refractivity contribution in [3.63, 3.8) is 0 Å². The summed E-state index contributed by atoms with van der Waals surface area (Å²) in [5.74, 6) is 0.652. The molecule has 0 aliphatic rings. The van der Waals surface area contributed by atoms with E-state index < -0.39 is 0 Å². The highest BCUT2D eigenvalue weighted by Crippen LogP contribution is 2.26. The molecule has 0 heterocycles. The summed E-state index contributed by atoms with van der Waals surface area (Å²) >= 11 is 6.01. The fourth-order valence-corrected chi connectivity index (χ4v) is 2.78. The molecule has 0 aliphatic heterocycles. The molecule has 1 nitrogen and oxygen atoms in total. The Morgan fingerprint density at radius 1 is 1.10 bits per heavy atom. The highest BCUT2D eigenvalue weighted by molar-refractivity contribution is 6.30. The van der Waals surface area contributed by atoms with Gasteiger partial charge in [0.2, 0.25) is 0 Å². The van der Waals surface area contributed by atoms with Crippen LogP contribution in [-0.2, 0) is 6.42 Å². The minimum Gasteiger partial charge on any atom is -0.320 e. The lowest BCUT2D eigenvalue weighted by molar-refractivity contribution is 0.646. The van der Waals surface area contributed by atoms with Gasteiger partial charge in [-0.05, 0) is 53.6 Å². The van der Waals surface area contributed by atoms with Gasteiger partial charge in [0.25, 0.3) is 0 Å². The van der Waals surface area contributed by atoms with Gasteiger partial charge in [-0.2, -0.15) is 0 Å². The minimum atomic E-state index is -0.0978. The van der Waals surface area contributed by atoms with Crippen LogP contribution in [0, 0.1) is 12.8 Å². The van der Waals surface area contributed by atoms with Crippen LogP contribution in [0.25, 0.3) is 0 Å². The molecule has 20 heavy (non-hydrogen) atoms. The van der Waals surface area contributed by atoms with Gasteiger partial charge in [-0.3, -0.25) is 0 Å². The molecule has 0 fully saturated rings. The van der Waals surface area contributed by atoms with E-state index in [1.54, 1.807) is 0 Å². The zero-order valence-electron chi connectivity index (χ0n) is 12.4. The second-order valence-corrected chi connectivity index (χ2v) is 6.26. The molecule has 1 atom stereocenters. The summed E-state index contributed by atoms with van der Waals surface area (Å²) in [6.45, 7) is 6.52. The zero-order valence-corrected chi connectivity index (χ0v) is 13.1. The molecular weight excluding hydrogens is 266 g/mol. The quantitative estimate of drug-likeness (QED) is 0.851. The number of hydrogen-bond donors (Lipinski definition) is 1. The third-order valence-electron chi connectivity index (χ3n) is 3.52. The van der Waals surface area contributed by atoms with Gasteiger partial charge >= 0.3 is 0 Å². The largest absolute Gasteiger partial charge is 0.320 e. The van der Waals surface area contributed by atoms with E-state index in [9.17, 15) is 0 Å². The van der Waals surface area contributed by atoms with Crippen molar-refractivity contribution in [2.75, 3.05) is 0 Å². The van der Waals surface area contributed by atoms with Gasteiger partial charge < -0.3 is 5.73 Å². The lowest BCUT2D eigenvalue weighted by Gasteiger charge is -2.17. The number of nitrogens with two attached hydrogens (primary N) is 1. The Balaban J connectivity index is 2.30. The van der Waals surface area contributed by atoms with Gasteiger partial charge in [0.1, 0.15) is 0 Å². The lowest BCUT2D eigenvalue weighted by Crippen LogP contribution is -2.13. The highest BCUT2D eigenvalue weighted by Gasteiger charge is 2.12. The Kier molecular flexibility index (Phi) is 4.85. The van der Waals surface area contributed by atoms with Crippen molar-refractivity contribution in [2.24, 2.45) is 11.7 Å². The first-order valence-corrected chi connectivity index (χ1v) is 7.45. The van der Waals surface area contributed by atoms with Gasteiger partial charge in [0, 0.05) is 5.02 Å². The first-order valence-electron chi connectivity index (χ1n) is 7.08. The molecule has 0 radical (unpaired) electrons. The van der Waals surface area contributed by atoms with Crippen LogP contribution in [0.15, 0.2) is 42.5 Å². The number of hydrogen-bond acceptors (Lipinski definition) is 1. The molecule has 0 amide bonds. The molecule has 2 rings (SSSR count). The second kappa shape index (κ2) is 6.43. The molecule has 0 bridgehead atoms. The van der Waals surface area contributed by atoms with Crippen molar-refractivity contribution < 1.29 is 0 Å². The van der Waals surface area contributed by atoms with Crippen molar-refractivity contribution >= 4 is 11.6 Å². The van der Waals surface area contributed by atoms with Crippen LogP contribution in [0.2, 0.25) is 5.02 Å². The summed E-state index contributed by atoms with van der Waals surface area (Å²) in [5, 5.41) is 0.756. The van der Waals surface area contributed by atoms with Gasteiger partial charge in [-0.1, -0.05) is 55.8 Å². The molecule has 2 aromatic carbocycles. The fraction of sp³-hybridized carbons (Fsp3) is 0.333. The maximum Gasteiger partial charge on any atom is 0.0554 e. The van der Waals surface area contributed by atoms with E-state index in [0.717, 1.165) is 28.1 Å². The predicted molar refractivity (Wildman–Crippen MR) is 87.2 cm³/mol. The Bertz CT molecular complexity index is 590. The molecule has 2 aromatic rings. The van der Waals surface area contributed by atoms with E-state index in [2.05, 4.69) is 45.0 Å². The van der Waals surface area contributed by atoms with E-state index in [1.165, 1.54) is 5.56 Å².